The average molecular weight is 362 g/mol. The zero-order valence-corrected chi connectivity index (χ0v) is 14.0. The minimum atomic E-state index is -1.21. The van der Waals surface area contributed by atoms with Crippen molar-refractivity contribution < 1.29 is 15.0 Å². The number of carbonyl (C=O) groups is 1. The number of para-hydroxylation sites is 1. The van der Waals surface area contributed by atoms with Crippen LogP contribution >= 0.6 is 22.9 Å². The lowest BCUT2D eigenvalue weighted by Crippen LogP contribution is -2.11. The molecule has 0 amide bonds. The second-order valence-corrected chi connectivity index (χ2v) is 6.30. The lowest BCUT2D eigenvalue weighted by molar-refractivity contribution is 0.0694. The van der Waals surface area contributed by atoms with Gasteiger partial charge in [0.15, 0.2) is 5.75 Å². The maximum absolute atomic E-state index is 11.1. The van der Waals surface area contributed by atoms with Crippen molar-refractivity contribution in [1.82, 2.24) is 9.78 Å². The molecule has 0 radical (unpaired) electrons. The summed E-state index contributed by atoms with van der Waals surface area (Å²) in [7, 11) is 1.73. The van der Waals surface area contributed by atoms with Crippen LogP contribution in [0.2, 0.25) is 5.02 Å². The molecule has 0 saturated heterocycles. The molecule has 2 aromatic carbocycles. The van der Waals surface area contributed by atoms with Gasteiger partial charge in [-0.25, -0.2) is 14.5 Å². The Kier molecular flexibility index (Phi) is 4.37. The number of phenols is 1. The molecule has 0 aliphatic heterocycles. The standard InChI is InChI=1S/C16H12ClN3O3S/c1-20-16(18-12-4-2-3-11(13(12)21)15(22)23)24-14(19-20)9-5-7-10(17)8-6-9/h2-8,21H,1H3,(H,22,23)/b18-16+. The topological polar surface area (TPSA) is 87.7 Å². The van der Waals surface area contributed by atoms with Crippen LogP contribution in [0.1, 0.15) is 10.4 Å². The molecule has 3 aromatic rings. The number of aromatic hydroxyl groups is 1. The highest BCUT2D eigenvalue weighted by molar-refractivity contribution is 7.12. The Labute approximate surface area is 145 Å². The van der Waals surface area contributed by atoms with Gasteiger partial charge in [0.05, 0.1) is 0 Å². The van der Waals surface area contributed by atoms with E-state index >= 15 is 0 Å². The van der Waals surface area contributed by atoms with Crippen molar-refractivity contribution >= 4 is 34.6 Å². The summed E-state index contributed by atoms with van der Waals surface area (Å²) < 4.78 is 1.57. The van der Waals surface area contributed by atoms with Crippen molar-refractivity contribution in [1.29, 1.82) is 0 Å². The van der Waals surface area contributed by atoms with E-state index < -0.39 is 5.97 Å². The normalized spacial score (nSPS) is 11.7. The Morgan fingerprint density at radius 1 is 1.25 bits per heavy atom. The van der Waals surface area contributed by atoms with E-state index in [9.17, 15) is 9.90 Å². The number of carboxylic acid groups (broad SMARTS) is 1. The van der Waals surface area contributed by atoms with E-state index in [-0.39, 0.29) is 17.0 Å². The van der Waals surface area contributed by atoms with Crippen LogP contribution in [0.15, 0.2) is 47.5 Å². The molecule has 1 heterocycles. The third kappa shape index (κ3) is 3.17. The van der Waals surface area contributed by atoms with E-state index in [1.165, 1.54) is 23.5 Å². The minimum absolute atomic E-state index is 0.178. The van der Waals surface area contributed by atoms with Crippen LogP contribution in [-0.4, -0.2) is 26.0 Å². The molecule has 0 atom stereocenters. The summed E-state index contributed by atoms with van der Waals surface area (Å²) in [5, 5.41) is 24.9. The van der Waals surface area contributed by atoms with Crippen molar-refractivity contribution in [3.63, 3.8) is 0 Å². The first-order chi connectivity index (χ1) is 11.5. The van der Waals surface area contributed by atoms with Gasteiger partial charge in [-0.15, -0.1) is 0 Å². The van der Waals surface area contributed by atoms with Gasteiger partial charge in [-0.1, -0.05) is 41.1 Å². The molecule has 122 valence electrons. The minimum Gasteiger partial charge on any atom is -0.505 e. The highest BCUT2D eigenvalue weighted by atomic mass is 35.5. The summed E-state index contributed by atoms with van der Waals surface area (Å²) in [5.74, 6) is -1.58. The molecule has 0 bridgehead atoms. The van der Waals surface area contributed by atoms with Gasteiger partial charge >= 0.3 is 5.97 Å². The van der Waals surface area contributed by atoms with Crippen LogP contribution in [0.3, 0.4) is 0 Å². The van der Waals surface area contributed by atoms with E-state index in [2.05, 4.69) is 10.1 Å². The second kappa shape index (κ2) is 6.46. The third-order valence-corrected chi connectivity index (χ3v) is 4.56. The highest BCUT2D eigenvalue weighted by Crippen LogP contribution is 2.30. The molecule has 1 aromatic heterocycles. The number of hydrogen-bond donors (Lipinski definition) is 2. The molecule has 3 rings (SSSR count). The van der Waals surface area contributed by atoms with Crippen LogP contribution in [-0.2, 0) is 7.05 Å². The summed E-state index contributed by atoms with van der Waals surface area (Å²) in [4.78, 5) is 15.9. The lowest BCUT2D eigenvalue weighted by Gasteiger charge is -2.01. The van der Waals surface area contributed by atoms with E-state index in [4.69, 9.17) is 16.7 Å². The fraction of sp³-hybridized carbons (Fsp3) is 0.0625. The number of rotatable bonds is 3. The molecule has 0 aliphatic rings. The number of halogens is 1. The van der Waals surface area contributed by atoms with Crippen molar-refractivity contribution in [2.24, 2.45) is 12.0 Å². The molecular weight excluding hydrogens is 350 g/mol. The van der Waals surface area contributed by atoms with Crippen molar-refractivity contribution in [3.8, 4) is 16.3 Å². The van der Waals surface area contributed by atoms with E-state index in [0.29, 0.717) is 9.82 Å². The number of aryl methyl sites for hydroxylation is 1. The van der Waals surface area contributed by atoms with Gasteiger partial charge < -0.3 is 10.2 Å². The molecule has 0 unspecified atom stereocenters. The Balaban J connectivity index is 2.08. The first-order valence-corrected chi connectivity index (χ1v) is 8.05. The molecular formula is C16H12ClN3O3S. The van der Waals surface area contributed by atoms with Gasteiger partial charge in [-0.2, -0.15) is 5.10 Å². The fourth-order valence-electron chi connectivity index (χ4n) is 2.05. The quantitative estimate of drug-likeness (QED) is 0.748. The van der Waals surface area contributed by atoms with Crippen LogP contribution in [0.25, 0.3) is 10.6 Å². The van der Waals surface area contributed by atoms with E-state index in [1.54, 1.807) is 29.9 Å². The van der Waals surface area contributed by atoms with Crippen LogP contribution in [0.4, 0.5) is 5.69 Å². The Morgan fingerprint density at radius 2 is 1.96 bits per heavy atom. The van der Waals surface area contributed by atoms with Gasteiger partial charge in [0, 0.05) is 17.6 Å². The molecule has 2 N–H and O–H groups in total. The number of nitrogens with zero attached hydrogens (tertiary/aromatic N) is 3. The van der Waals surface area contributed by atoms with Crippen molar-refractivity contribution in [2.45, 2.75) is 0 Å². The van der Waals surface area contributed by atoms with Crippen LogP contribution in [0.5, 0.6) is 5.75 Å². The second-order valence-electron chi connectivity index (χ2n) is 4.91. The number of hydrogen-bond acceptors (Lipinski definition) is 5. The monoisotopic (exact) mass is 361 g/mol. The fourth-order valence-corrected chi connectivity index (χ4v) is 3.09. The Hall–Kier alpha value is -2.64. The first kappa shape index (κ1) is 16.2. The molecule has 0 fully saturated rings. The molecule has 0 spiro atoms. The number of carboxylic acids is 1. The summed E-state index contributed by atoms with van der Waals surface area (Å²) in [6.07, 6.45) is 0. The average Bonchev–Trinajstić information content (AvgIpc) is 2.90. The summed E-state index contributed by atoms with van der Waals surface area (Å²) in [5.41, 5.74) is 0.878. The number of aromatic carboxylic acids is 1. The largest absolute Gasteiger partial charge is 0.505 e. The third-order valence-electron chi connectivity index (χ3n) is 3.26. The van der Waals surface area contributed by atoms with Crippen LogP contribution < -0.4 is 4.80 Å². The SMILES string of the molecule is Cn1nc(-c2ccc(Cl)cc2)s/c1=N/c1cccc(C(=O)O)c1O. The van der Waals surface area contributed by atoms with Crippen LogP contribution in [0, 0.1) is 0 Å². The van der Waals surface area contributed by atoms with Gasteiger partial charge in [-0.3, -0.25) is 0 Å². The number of benzene rings is 2. The summed E-state index contributed by atoms with van der Waals surface area (Å²) in [6, 6.07) is 11.7. The summed E-state index contributed by atoms with van der Waals surface area (Å²) in [6.45, 7) is 0. The highest BCUT2D eigenvalue weighted by Gasteiger charge is 2.13. The van der Waals surface area contributed by atoms with E-state index in [1.807, 2.05) is 12.1 Å². The van der Waals surface area contributed by atoms with Gasteiger partial charge in [0.1, 0.15) is 16.3 Å². The smallest absolute Gasteiger partial charge is 0.339 e. The Morgan fingerprint density at radius 3 is 2.62 bits per heavy atom. The maximum Gasteiger partial charge on any atom is 0.339 e. The summed E-state index contributed by atoms with van der Waals surface area (Å²) >= 11 is 7.20. The molecule has 8 heteroatoms. The molecule has 24 heavy (non-hydrogen) atoms. The van der Waals surface area contributed by atoms with Crippen molar-refractivity contribution in [3.05, 3.63) is 57.9 Å². The lowest BCUT2D eigenvalue weighted by atomic mass is 10.2. The molecule has 0 aliphatic carbocycles. The van der Waals surface area contributed by atoms with Gasteiger partial charge in [0.2, 0.25) is 4.80 Å². The maximum atomic E-state index is 11.1. The van der Waals surface area contributed by atoms with Gasteiger partial charge in [-0.05, 0) is 24.3 Å². The van der Waals surface area contributed by atoms with Gasteiger partial charge in [0.25, 0.3) is 0 Å². The zero-order valence-electron chi connectivity index (χ0n) is 12.5. The zero-order chi connectivity index (χ0) is 17.3. The molecule has 0 saturated carbocycles. The molecule has 6 nitrogen and oxygen atoms in total. The predicted octanol–water partition coefficient (Wildman–Crippen LogP) is 3.44. The first-order valence-electron chi connectivity index (χ1n) is 6.86. The van der Waals surface area contributed by atoms with E-state index in [0.717, 1.165) is 10.6 Å². The Bertz CT molecular complexity index is 977. The predicted molar refractivity (Wildman–Crippen MR) is 91.8 cm³/mol. The number of aromatic nitrogens is 2. The van der Waals surface area contributed by atoms with Crippen molar-refractivity contribution in [2.75, 3.05) is 0 Å².